The highest BCUT2D eigenvalue weighted by Crippen LogP contribution is 2.25. The number of likely N-dealkylation sites (N-methyl/N-ethyl adjacent to an activating group) is 1. The van der Waals surface area contributed by atoms with Crippen LogP contribution >= 0.6 is 12.2 Å². The van der Waals surface area contributed by atoms with E-state index in [2.05, 4.69) is 27.1 Å². The minimum atomic E-state index is 0.278. The van der Waals surface area contributed by atoms with Crippen molar-refractivity contribution in [2.45, 2.75) is 25.8 Å². The fraction of sp³-hybridized carbons (Fsp3) is 0.583. The van der Waals surface area contributed by atoms with Crippen LogP contribution in [0.4, 0.5) is 5.82 Å². The zero-order valence-electron chi connectivity index (χ0n) is 10.6. The Balaban J connectivity index is 1.87. The SMILES string of the molecule is CCN(CCNc1nccnc1C(N)=S)C1CC1. The molecule has 1 aromatic rings. The third-order valence-electron chi connectivity index (χ3n) is 3.09. The summed E-state index contributed by atoms with van der Waals surface area (Å²) in [5, 5.41) is 3.26. The highest BCUT2D eigenvalue weighted by molar-refractivity contribution is 7.80. The van der Waals surface area contributed by atoms with Crippen LogP contribution in [-0.2, 0) is 0 Å². The van der Waals surface area contributed by atoms with Crippen molar-refractivity contribution in [2.24, 2.45) is 5.73 Å². The topological polar surface area (TPSA) is 67.1 Å². The minimum Gasteiger partial charge on any atom is -0.388 e. The lowest BCUT2D eigenvalue weighted by Gasteiger charge is -2.20. The quantitative estimate of drug-likeness (QED) is 0.717. The van der Waals surface area contributed by atoms with Crippen LogP contribution in [0.15, 0.2) is 12.4 Å². The number of hydrogen-bond acceptors (Lipinski definition) is 5. The molecule has 0 atom stereocenters. The Bertz CT molecular complexity index is 419. The third-order valence-corrected chi connectivity index (χ3v) is 3.29. The van der Waals surface area contributed by atoms with E-state index in [0.29, 0.717) is 11.5 Å². The first-order valence-electron chi connectivity index (χ1n) is 6.31. The largest absolute Gasteiger partial charge is 0.388 e. The summed E-state index contributed by atoms with van der Waals surface area (Å²) in [6, 6.07) is 0.786. The van der Waals surface area contributed by atoms with Crippen LogP contribution in [0.5, 0.6) is 0 Å². The van der Waals surface area contributed by atoms with E-state index in [9.17, 15) is 0 Å². The van der Waals surface area contributed by atoms with Gasteiger partial charge in [0.15, 0.2) is 5.82 Å². The van der Waals surface area contributed by atoms with Gasteiger partial charge in [-0.05, 0) is 19.4 Å². The number of hydrogen-bond donors (Lipinski definition) is 2. The second-order valence-corrected chi connectivity index (χ2v) is 4.84. The molecule has 18 heavy (non-hydrogen) atoms. The number of aromatic nitrogens is 2. The van der Waals surface area contributed by atoms with Crippen molar-refractivity contribution in [3.8, 4) is 0 Å². The second-order valence-electron chi connectivity index (χ2n) is 4.40. The number of nitrogens with two attached hydrogens (primary N) is 1. The van der Waals surface area contributed by atoms with Gasteiger partial charge in [-0.2, -0.15) is 0 Å². The Morgan fingerprint density at radius 2 is 2.22 bits per heavy atom. The Morgan fingerprint density at radius 1 is 1.50 bits per heavy atom. The molecule has 1 aromatic heterocycles. The number of anilines is 1. The van der Waals surface area contributed by atoms with Crippen molar-refractivity contribution in [3.05, 3.63) is 18.1 Å². The summed E-state index contributed by atoms with van der Waals surface area (Å²) in [6.07, 6.45) is 5.90. The van der Waals surface area contributed by atoms with Crippen LogP contribution in [0, 0.1) is 0 Å². The van der Waals surface area contributed by atoms with Gasteiger partial charge >= 0.3 is 0 Å². The number of thiocarbonyl (C=S) groups is 1. The summed E-state index contributed by atoms with van der Waals surface area (Å²) >= 11 is 4.95. The molecular formula is C12H19N5S. The molecule has 0 radical (unpaired) electrons. The lowest BCUT2D eigenvalue weighted by Crippen LogP contribution is -2.31. The summed E-state index contributed by atoms with van der Waals surface area (Å²) in [6.45, 7) is 5.13. The predicted octanol–water partition coefficient (Wildman–Crippen LogP) is 1.01. The van der Waals surface area contributed by atoms with Gasteiger partial charge in [0, 0.05) is 31.5 Å². The van der Waals surface area contributed by atoms with Crippen LogP contribution < -0.4 is 11.1 Å². The Kier molecular flexibility index (Phi) is 4.43. The lowest BCUT2D eigenvalue weighted by atomic mass is 10.4. The monoisotopic (exact) mass is 265 g/mol. The maximum Gasteiger partial charge on any atom is 0.155 e. The molecule has 1 heterocycles. The van der Waals surface area contributed by atoms with Crippen LogP contribution in [0.1, 0.15) is 25.5 Å². The Hall–Kier alpha value is -1.27. The van der Waals surface area contributed by atoms with E-state index < -0.39 is 0 Å². The van der Waals surface area contributed by atoms with Gasteiger partial charge in [-0.15, -0.1) is 0 Å². The van der Waals surface area contributed by atoms with E-state index in [1.54, 1.807) is 12.4 Å². The molecule has 0 bridgehead atoms. The molecule has 0 saturated heterocycles. The Labute approximate surface area is 113 Å². The van der Waals surface area contributed by atoms with Gasteiger partial charge in [0.05, 0.1) is 0 Å². The van der Waals surface area contributed by atoms with Crippen molar-refractivity contribution < 1.29 is 0 Å². The highest BCUT2D eigenvalue weighted by Gasteiger charge is 2.27. The summed E-state index contributed by atoms with van der Waals surface area (Å²) in [5.41, 5.74) is 6.18. The van der Waals surface area contributed by atoms with Gasteiger partial charge in [0.2, 0.25) is 0 Å². The number of nitrogens with zero attached hydrogens (tertiary/aromatic N) is 3. The molecule has 0 unspecified atom stereocenters. The smallest absolute Gasteiger partial charge is 0.155 e. The van der Waals surface area contributed by atoms with Gasteiger partial charge in [-0.25, -0.2) is 9.97 Å². The van der Waals surface area contributed by atoms with E-state index in [-0.39, 0.29) is 4.99 Å². The zero-order valence-corrected chi connectivity index (χ0v) is 11.4. The Morgan fingerprint density at radius 3 is 2.83 bits per heavy atom. The molecular weight excluding hydrogens is 246 g/mol. The molecule has 1 aliphatic carbocycles. The van der Waals surface area contributed by atoms with E-state index >= 15 is 0 Å². The summed E-state index contributed by atoms with van der Waals surface area (Å²) in [7, 11) is 0. The molecule has 6 heteroatoms. The molecule has 2 rings (SSSR count). The standard InChI is InChI=1S/C12H19N5S/c1-2-17(9-3-4-9)8-7-16-12-10(11(13)18)14-5-6-15-12/h5-6,9H,2-4,7-8H2,1H3,(H2,13,18)(H,15,16). The normalized spacial score (nSPS) is 14.8. The number of nitrogens with one attached hydrogen (secondary N) is 1. The van der Waals surface area contributed by atoms with Gasteiger partial charge < -0.3 is 11.1 Å². The molecule has 0 spiro atoms. The molecule has 3 N–H and O–H groups in total. The molecule has 1 saturated carbocycles. The van der Waals surface area contributed by atoms with E-state index in [1.807, 2.05) is 0 Å². The predicted molar refractivity (Wildman–Crippen MR) is 76.7 cm³/mol. The summed E-state index contributed by atoms with van der Waals surface area (Å²) in [4.78, 5) is 11.1. The summed E-state index contributed by atoms with van der Waals surface area (Å²) in [5.74, 6) is 0.678. The van der Waals surface area contributed by atoms with Crippen LogP contribution in [0.2, 0.25) is 0 Å². The average Bonchev–Trinajstić information content (AvgIpc) is 3.19. The lowest BCUT2D eigenvalue weighted by molar-refractivity contribution is 0.289. The third kappa shape index (κ3) is 3.36. The fourth-order valence-corrected chi connectivity index (χ4v) is 2.15. The maximum absolute atomic E-state index is 5.61. The van der Waals surface area contributed by atoms with Crippen molar-refractivity contribution in [1.29, 1.82) is 0 Å². The summed E-state index contributed by atoms with van der Waals surface area (Å²) < 4.78 is 0. The van der Waals surface area contributed by atoms with Gasteiger partial charge in [0.25, 0.3) is 0 Å². The molecule has 0 aromatic carbocycles. The minimum absolute atomic E-state index is 0.278. The first-order chi connectivity index (χ1) is 8.72. The van der Waals surface area contributed by atoms with Gasteiger partial charge in [-0.1, -0.05) is 19.1 Å². The maximum atomic E-state index is 5.61. The number of rotatable bonds is 7. The van der Waals surface area contributed by atoms with Gasteiger partial charge in [0.1, 0.15) is 10.7 Å². The van der Waals surface area contributed by atoms with Crippen molar-refractivity contribution in [3.63, 3.8) is 0 Å². The molecule has 1 fully saturated rings. The molecule has 0 aliphatic heterocycles. The molecule has 0 amide bonds. The van der Waals surface area contributed by atoms with Crippen LogP contribution in [0.25, 0.3) is 0 Å². The second kappa shape index (κ2) is 6.06. The first-order valence-corrected chi connectivity index (χ1v) is 6.72. The highest BCUT2D eigenvalue weighted by atomic mass is 32.1. The zero-order chi connectivity index (χ0) is 13.0. The van der Waals surface area contributed by atoms with Crippen molar-refractivity contribution in [2.75, 3.05) is 25.0 Å². The van der Waals surface area contributed by atoms with E-state index in [1.165, 1.54) is 12.8 Å². The van der Waals surface area contributed by atoms with Crippen molar-refractivity contribution >= 4 is 23.0 Å². The van der Waals surface area contributed by atoms with Crippen molar-refractivity contribution in [1.82, 2.24) is 14.9 Å². The molecule has 1 aliphatic rings. The van der Waals surface area contributed by atoms with Crippen LogP contribution in [0.3, 0.4) is 0 Å². The van der Waals surface area contributed by atoms with Crippen LogP contribution in [-0.4, -0.2) is 45.5 Å². The van der Waals surface area contributed by atoms with E-state index in [0.717, 1.165) is 25.7 Å². The molecule has 5 nitrogen and oxygen atoms in total. The van der Waals surface area contributed by atoms with E-state index in [4.69, 9.17) is 18.0 Å². The first kappa shape index (κ1) is 13.2. The molecule has 98 valence electrons. The average molecular weight is 265 g/mol. The van der Waals surface area contributed by atoms with Gasteiger partial charge in [-0.3, -0.25) is 4.90 Å². The fourth-order valence-electron chi connectivity index (χ4n) is 2.00.